The van der Waals surface area contributed by atoms with Crippen LogP contribution in [0.5, 0.6) is 0 Å². The van der Waals surface area contributed by atoms with Gasteiger partial charge in [0.05, 0.1) is 0 Å². The van der Waals surface area contributed by atoms with Gasteiger partial charge in [-0.3, -0.25) is 9.79 Å². The molecule has 0 radical (unpaired) electrons. The van der Waals surface area contributed by atoms with E-state index in [2.05, 4.69) is 20.9 Å². The van der Waals surface area contributed by atoms with E-state index in [0.717, 1.165) is 17.2 Å². The van der Waals surface area contributed by atoms with E-state index in [-0.39, 0.29) is 5.91 Å². The number of carbonyl (C=O) groups excluding carboxylic acids is 1. The standard InChI is InChI=1S/C17H25ClN4O/c1-12-14(18)8-5-9-15(12)22-16(23)10-11-20-17(19-2)21-13-6-3-4-7-13/h5,8-9,13H,3-4,6-7,10-11H2,1-2H3,(H,22,23)(H2,19,20,21). The molecule has 1 aromatic carbocycles. The zero-order valence-electron chi connectivity index (χ0n) is 13.8. The first-order valence-electron chi connectivity index (χ1n) is 8.12. The second-order valence-corrected chi connectivity index (χ2v) is 6.24. The lowest BCUT2D eigenvalue weighted by molar-refractivity contribution is -0.116. The summed E-state index contributed by atoms with van der Waals surface area (Å²) < 4.78 is 0. The molecule has 6 heteroatoms. The highest BCUT2D eigenvalue weighted by Gasteiger charge is 2.15. The third-order valence-electron chi connectivity index (χ3n) is 4.11. The maximum atomic E-state index is 12.0. The molecule has 0 aliphatic heterocycles. The molecule has 0 heterocycles. The molecule has 1 aliphatic carbocycles. The molecule has 0 bridgehead atoms. The van der Waals surface area contributed by atoms with Crippen molar-refractivity contribution in [2.24, 2.45) is 4.99 Å². The van der Waals surface area contributed by atoms with Crippen LogP contribution in [-0.2, 0) is 4.79 Å². The number of benzene rings is 1. The molecule has 0 aromatic heterocycles. The van der Waals surface area contributed by atoms with Crippen molar-refractivity contribution in [1.82, 2.24) is 10.6 Å². The Bertz CT molecular complexity index is 568. The molecule has 1 aromatic rings. The summed E-state index contributed by atoms with van der Waals surface area (Å²) in [6, 6.07) is 6.00. The van der Waals surface area contributed by atoms with Gasteiger partial charge in [0, 0.05) is 36.8 Å². The first-order chi connectivity index (χ1) is 11.1. The molecular weight excluding hydrogens is 312 g/mol. The van der Waals surface area contributed by atoms with Crippen LogP contribution in [0.2, 0.25) is 5.02 Å². The summed E-state index contributed by atoms with van der Waals surface area (Å²) in [4.78, 5) is 16.2. The predicted molar refractivity (Wildman–Crippen MR) is 96.2 cm³/mol. The van der Waals surface area contributed by atoms with E-state index in [1.807, 2.05) is 25.1 Å². The number of guanidine groups is 1. The summed E-state index contributed by atoms with van der Waals surface area (Å²) in [7, 11) is 1.75. The number of rotatable bonds is 5. The van der Waals surface area contributed by atoms with Gasteiger partial charge in [-0.15, -0.1) is 0 Å². The Balaban J connectivity index is 1.74. The predicted octanol–water partition coefficient (Wildman–Crippen LogP) is 3.08. The molecule has 0 atom stereocenters. The third kappa shape index (κ3) is 5.43. The van der Waals surface area contributed by atoms with Crippen LogP contribution < -0.4 is 16.0 Å². The summed E-state index contributed by atoms with van der Waals surface area (Å²) >= 11 is 6.06. The highest BCUT2D eigenvalue weighted by Crippen LogP contribution is 2.22. The SMILES string of the molecule is CN=C(NCCC(=O)Nc1cccc(Cl)c1C)NC1CCCC1. The Morgan fingerprint density at radius 3 is 2.78 bits per heavy atom. The second kappa shape index (κ2) is 8.77. The molecule has 1 aliphatic rings. The first kappa shape index (κ1) is 17.6. The minimum absolute atomic E-state index is 0.0424. The molecule has 126 valence electrons. The van der Waals surface area contributed by atoms with Gasteiger partial charge >= 0.3 is 0 Å². The largest absolute Gasteiger partial charge is 0.356 e. The van der Waals surface area contributed by atoms with E-state index in [9.17, 15) is 4.79 Å². The van der Waals surface area contributed by atoms with E-state index in [0.29, 0.717) is 24.0 Å². The lowest BCUT2D eigenvalue weighted by Gasteiger charge is -2.16. The summed E-state index contributed by atoms with van der Waals surface area (Å²) in [5.74, 6) is 0.725. The van der Waals surface area contributed by atoms with Gasteiger partial charge in [-0.1, -0.05) is 30.5 Å². The van der Waals surface area contributed by atoms with Crippen molar-refractivity contribution in [3.8, 4) is 0 Å². The number of hydrogen-bond acceptors (Lipinski definition) is 2. The molecule has 1 fully saturated rings. The second-order valence-electron chi connectivity index (χ2n) is 5.84. The van der Waals surface area contributed by atoms with Crippen LogP contribution in [-0.4, -0.2) is 31.5 Å². The van der Waals surface area contributed by atoms with Gasteiger partial charge in [-0.05, 0) is 37.5 Å². The number of nitrogens with zero attached hydrogens (tertiary/aromatic N) is 1. The normalized spacial score (nSPS) is 15.5. The van der Waals surface area contributed by atoms with Crippen molar-refractivity contribution in [3.63, 3.8) is 0 Å². The van der Waals surface area contributed by atoms with E-state index >= 15 is 0 Å². The Morgan fingerprint density at radius 2 is 2.09 bits per heavy atom. The molecular formula is C17H25ClN4O. The number of anilines is 1. The van der Waals surface area contributed by atoms with Crippen molar-refractivity contribution in [2.45, 2.75) is 45.1 Å². The van der Waals surface area contributed by atoms with Crippen LogP contribution in [0, 0.1) is 6.92 Å². The van der Waals surface area contributed by atoms with E-state index in [1.165, 1.54) is 25.7 Å². The summed E-state index contributed by atoms with van der Waals surface area (Å²) in [6.45, 7) is 2.43. The minimum atomic E-state index is -0.0424. The maximum Gasteiger partial charge on any atom is 0.226 e. The number of nitrogens with one attached hydrogen (secondary N) is 3. The minimum Gasteiger partial charge on any atom is -0.356 e. The number of hydrogen-bond donors (Lipinski definition) is 3. The summed E-state index contributed by atoms with van der Waals surface area (Å²) in [5.41, 5.74) is 1.64. The molecule has 0 unspecified atom stereocenters. The average molecular weight is 337 g/mol. The summed E-state index contributed by atoms with van der Waals surface area (Å²) in [5, 5.41) is 10.1. The molecule has 3 N–H and O–H groups in total. The van der Waals surface area contributed by atoms with Gasteiger partial charge in [0.2, 0.25) is 5.91 Å². The Morgan fingerprint density at radius 1 is 1.35 bits per heavy atom. The molecule has 1 amide bonds. The van der Waals surface area contributed by atoms with Crippen molar-refractivity contribution < 1.29 is 4.79 Å². The topological polar surface area (TPSA) is 65.5 Å². The molecule has 5 nitrogen and oxygen atoms in total. The lowest BCUT2D eigenvalue weighted by Crippen LogP contribution is -2.43. The quantitative estimate of drug-likeness (QED) is 0.572. The van der Waals surface area contributed by atoms with Gasteiger partial charge in [-0.2, -0.15) is 0 Å². The first-order valence-corrected chi connectivity index (χ1v) is 8.50. The van der Waals surface area contributed by atoms with Gasteiger partial charge in [-0.25, -0.2) is 0 Å². The molecule has 0 spiro atoms. The van der Waals surface area contributed by atoms with Crippen LogP contribution in [0.3, 0.4) is 0 Å². The molecule has 23 heavy (non-hydrogen) atoms. The Hall–Kier alpha value is -1.75. The van der Waals surface area contributed by atoms with E-state index in [1.54, 1.807) is 7.05 Å². The van der Waals surface area contributed by atoms with Crippen LogP contribution in [0.25, 0.3) is 0 Å². The summed E-state index contributed by atoms with van der Waals surface area (Å²) in [6.07, 6.45) is 5.30. The van der Waals surface area contributed by atoms with E-state index < -0.39 is 0 Å². The number of carbonyl (C=O) groups is 1. The number of amides is 1. The average Bonchev–Trinajstić information content (AvgIpc) is 3.04. The maximum absolute atomic E-state index is 12.0. The van der Waals surface area contributed by atoms with Gasteiger partial charge in [0.25, 0.3) is 0 Å². The fourth-order valence-electron chi connectivity index (χ4n) is 2.71. The van der Waals surface area contributed by atoms with Gasteiger partial charge < -0.3 is 16.0 Å². The zero-order valence-corrected chi connectivity index (χ0v) is 14.5. The van der Waals surface area contributed by atoms with Crippen molar-refractivity contribution in [1.29, 1.82) is 0 Å². The zero-order chi connectivity index (χ0) is 16.7. The monoisotopic (exact) mass is 336 g/mol. The Kier molecular flexibility index (Phi) is 6.71. The van der Waals surface area contributed by atoms with Crippen LogP contribution in [0.1, 0.15) is 37.7 Å². The van der Waals surface area contributed by atoms with Crippen molar-refractivity contribution >= 4 is 29.2 Å². The van der Waals surface area contributed by atoms with Crippen LogP contribution in [0.15, 0.2) is 23.2 Å². The van der Waals surface area contributed by atoms with E-state index in [4.69, 9.17) is 11.6 Å². The van der Waals surface area contributed by atoms with Gasteiger partial charge in [0.1, 0.15) is 0 Å². The molecule has 0 saturated heterocycles. The molecule has 1 saturated carbocycles. The van der Waals surface area contributed by atoms with Crippen LogP contribution >= 0.6 is 11.6 Å². The highest BCUT2D eigenvalue weighted by molar-refractivity contribution is 6.31. The number of halogens is 1. The third-order valence-corrected chi connectivity index (χ3v) is 4.52. The Labute approximate surface area is 142 Å². The molecule has 2 rings (SSSR count). The van der Waals surface area contributed by atoms with Crippen molar-refractivity contribution in [2.75, 3.05) is 18.9 Å². The highest BCUT2D eigenvalue weighted by atomic mass is 35.5. The fourth-order valence-corrected chi connectivity index (χ4v) is 2.88. The lowest BCUT2D eigenvalue weighted by atomic mass is 10.2. The smallest absolute Gasteiger partial charge is 0.226 e. The van der Waals surface area contributed by atoms with Crippen LogP contribution in [0.4, 0.5) is 5.69 Å². The fraction of sp³-hybridized carbons (Fsp3) is 0.529. The number of aliphatic imine (C=N–C) groups is 1. The van der Waals surface area contributed by atoms with Crippen molar-refractivity contribution in [3.05, 3.63) is 28.8 Å². The van der Waals surface area contributed by atoms with Gasteiger partial charge in [0.15, 0.2) is 5.96 Å².